The molecule has 0 aliphatic heterocycles. The summed E-state index contributed by atoms with van der Waals surface area (Å²) < 4.78 is 0. The third kappa shape index (κ3) is 6.09. The fourth-order valence-corrected chi connectivity index (χ4v) is 1.61. The number of carbonyl (C=O) groups is 2. The number of amides is 2. The van der Waals surface area contributed by atoms with Gasteiger partial charge < -0.3 is 16.4 Å². The van der Waals surface area contributed by atoms with E-state index in [0.29, 0.717) is 6.54 Å². The Morgan fingerprint density at radius 1 is 1.15 bits per heavy atom. The molecule has 0 aromatic carbocycles. The first-order valence-corrected chi connectivity index (χ1v) is 6.95. The van der Waals surface area contributed by atoms with Crippen molar-refractivity contribution in [1.29, 1.82) is 0 Å². The molecule has 0 saturated carbocycles. The van der Waals surface area contributed by atoms with Crippen molar-refractivity contribution in [2.24, 2.45) is 11.1 Å². The molecule has 0 radical (unpaired) electrons. The van der Waals surface area contributed by atoms with Gasteiger partial charge in [0, 0.05) is 12.0 Å². The first-order chi connectivity index (χ1) is 8.61. The van der Waals surface area contributed by atoms with Gasteiger partial charge in [-0.15, -0.1) is 12.4 Å². The Kier molecular flexibility index (Phi) is 9.10. The predicted molar refractivity (Wildman–Crippen MR) is 84.8 cm³/mol. The molecule has 2 amide bonds. The fourth-order valence-electron chi connectivity index (χ4n) is 1.61. The summed E-state index contributed by atoms with van der Waals surface area (Å²) in [5, 5.41) is 5.68. The molecule has 1 atom stereocenters. The minimum atomic E-state index is -0.559. The van der Waals surface area contributed by atoms with Crippen molar-refractivity contribution < 1.29 is 9.59 Å². The van der Waals surface area contributed by atoms with Gasteiger partial charge in [0.05, 0.1) is 5.54 Å². The molecular weight excluding hydrogens is 278 g/mol. The summed E-state index contributed by atoms with van der Waals surface area (Å²) in [6.07, 6.45) is 1.54. The molecule has 6 heteroatoms. The summed E-state index contributed by atoms with van der Waals surface area (Å²) in [6.45, 7) is 11.5. The number of hydrogen-bond donors (Lipinski definition) is 3. The van der Waals surface area contributed by atoms with Crippen molar-refractivity contribution in [2.45, 2.75) is 66.0 Å². The lowest BCUT2D eigenvalue weighted by Gasteiger charge is -2.33. The molecule has 0 rings (SSSR count). The quantitative estimate of drug-likeness (QED) is 0.697. The SMILES string of the molecule is CCC(CC)(CN)NC(=O)C(C)NC(=O)C(C)(C)C.Cl. The van der Waals surface area contributed by atoms with Crippen LogP contribution in [0.2, 0.25) is 0 Å². The number of carbonyl (C=O) groups excluding carboxylic acids is 2. The second kappa shape index (κ2) is 8.47. The largest absolute Gasteiger partial charge is 0.348 e. The van der Waals surface area contributed by atoms with Crippen LogP contribution in [0.5, 0.6) is 0 Å². The van der Waals surface area contributed by atoms with Crippen molar-refractivity contribution in [1.82, 2.24) is 10.6 Å². The first kappa shape index (κ1) is 21.5. The first-order valence-electron chi connectivity index (χ1n) is 6.95. The smallest absolute Gasteiger partial charge is 0.242 e. The van der Waals surface area contributed by atoms with E-state index in [9.17, 15) is 9.59 Å². The van der Waals surface area contributed by atoms with Crippen LogP contribution in [-0.4, -0.2) is 29.9 Å². The molecule has 1 unspecified atom stereocenters. The zero-order valence-corrected chi connectivity index (χ0v) is 14.3. The molecule has 0 aliphatic rings. The molecule has 0 fully saturated rings. The van der Waals surface area contributed by atoms with Gasteiger partial charge in [-0.1, -0.05) is 34.6 Å². The molecule has 0 heterocycles. The van der Waals surface area contributed by atoms with Gasteiger partial charge >= 0.3 is 0 Å². The van der Waals surface area contributed by atoms with Crippen molar-refractivity contribution in [3.05, 3.63) is 0 Å². The molecule has 0 spiro atoms. The standard InChI is InChI=1S/C14H29N3O2.ClH/c1-7-14(8-2,9-15)17-11(18)10(3)16-12(19)13(4,5)6;/h10H,7-9,15H2,1-6H3,(H,16,19)(H,17,18);1H. The third-order valence-corrected chi connectivity index (χ3v) is 3.55. The van der Waals surface area contributed by atoms with Crippen LogP contribution >= 0.6 is 12.4 Å². The van der Waals surface area contributed by atoms with E-state index in [1.807, 2.05) is 34.6 Å². The van der Waals surface area contributed by atoms with E-state index < -0.39 is 11.5 Å². The zero-order chi connectivity index (χ0) is 15.3. The normalized spacial score (nSPS) is 13.2. The van der Waals surface area contributed by atoms with E-state index in [1.54, 1.807) is 6.92 Å². The van der Waals surface area contributed by atoms with E-state index >= 15 is 0 Å². The summed E-state index contributed by atoms with van der Waals surface area (Å²) in [7, 11) is 0. The Bertz CT molecular complexity index is 315. The maximum absolute atomic E-state index is 12.1. The molecule has 5 nitrogen and oxygen atoms in total. The second-order valence-electron chi connectivity index (χ2n) is 6.13. The van der Waals surface area contributed by atoms with Crippen LogP contribution in [-0.2, 0) is 9.59 Å². The average molecular weight is 308 g/mol. The summed E-state index contributed by atoms with van der Waals surface area (Å²) in [4.78, 5) is 24.0. The molecular formula is C14H30ClN3O2. The molecule has 0 aliphatic carbocycles. The van der Waals surface area contributed by atoms with Crippen LogP contribution in [0.15, 0.2) is 0 Å². The van der Waals surface area contributed by atoms with E-state index in [4.69, 9.17) is 5.73 Å². The molecule has 120 valence electrons. The fraction of sp³-hybridized carbons (Fsp3) is 0.857. The summed E-state index contributed by atoms with van der Waals surface area (Å²) in [5.41, 5.74) is 4.86. The average Bonchev–Trinajstić information content (AvgIpc) is 2.34. The maximum atomic E-state index is 12.1. The van der Waals surface area contributed by atoms with Gasteiger partial charge in [0.1, 0.15) is 6.04 Å². The van der Waals surface area contributed by atoms with Gasteiger partial charge in [-0.25, -0.2) is 0 Å². The topological polar surface area (TPSA) is 84.2 Å². The molecule has 0 aromatic rings. The van der Waals surface area contributed by atoms with Crippen molar-refractivity contribution in [2.75, 3.05) is 6.54 Å². The van der Waals surface area contributed by atoms with Crippen LogP contribution < -0.4 is 16.4 Å². The van der Waals surface area contributed by atoms with Gasteiger partial charge in [-0.2, -0.15) is 0 Å². The monoisotopic (exact) mass is 307 g/mol. The lowest BCUT2D eigenvalue weighted by atomic mass is 9.92. The lowest BCUT2D eigenvalue weighted by Crippen LogP contribution is -2.58. The number of hydrogen-bond acceptors (Lipinski definition) is 3. The van der Waals surface area contributed by atoms with Crippen LogP contribution in [0, 0.1) is 5.41 Å². The molecule has 4 N–H and O–H groups in total. The van der Waals surface area contributed by atoms with Crippen molar-refractivity contribution in [3.8, 4) is 0 Å². The summed E-state index contributed by atoms with van der Waals surface area (Å²) in [5.74, 6) is -0.326. The maximum Gasteiger partial charge on any atom is 0.242 e. The third-order valence-electron chi connectivity index (χ3n) is 3.55. The number of nitrogens with one attached hydrogen (secondary N) is 2. The highest BCUT2D eigenvalue weighted by molar-refractivity contribution is 5.89. The number of rotatable bonds is 6. The highest BCUT2D eigenvalue weighted by Crippen LogP contribution is 2.15. The minimum Gasteiger partial charge on any atom is -0.348 e. The Morgan fingerprint density at radius 2 is 1.60 bits per heavy atom. The van der Waals surface area contributed by atoms with Gasteiger partial charge in [-0.3, -0.25) is 9.59 Å². The minimum absolute atomic E-state index is 0. The predicted octanol–water partition coefficient (Wildman–Crippen LogP) is 1.59. The van der Waals surface area contributed by atoms with Crippen molar-refractivity contribution >= 4 is 24.2 Å². The Labute approximate surface area is 128 Å². The van der Waals surface area contributed by atoms with Crippen molar-refractivity contribution in [3.63, 3.8) is 0 Å². The van der Waals surface area contributed by atoms with Crippen LogP contribution in [0.4, 0.5) is 0 Å². The van der Waals surface area contributed by atoms with Gasteiger partial charge in [0.2, 0.25) is 11.8 Å². The molecule has 0 aromatic heterocycles. The Morgan fingerprint density at radius 3 is 1.90 bits per heavy atom. The van der Waals surface area contributed by atoms with Gasteiger partial charge in [0.25, 0.3) is 0 Å². The molecule has 20 heavy (non-hydrogen) atoms. The van der Waals surface area contributed by atoms with Crippen LogP contribution in [0.25, 0.3) is 0 Å². The molecule has 0 bridgehead atoms. The van der Waals surface area contributed by atoms with E-state index in [2.05, 4.69) is 10.6 Å². The summed E-state index contributed by atoms with van der Waals surface area (Å²) in [6, 6.07) is -0.559. The zero-order valence-electron chi connectivity index (χ0n) is 13.5. The van der Waals surface area contributed by atoms with Gasteiger partial charge in [-0.05, 0) is 19.8 Å². The Balaban J connectivity index is 0. The van der Waals surface area contributed by atoms with Crippen LogP contribution in [0.1, 0.15) is 54.4 Å². The molecule has 0 saturated heterocycles. The lowest BCUT2D eigenvalue weighted by molar-refractivity contribution is -0.133. The second-order valence-corrected chi connectivity index (χ2v) is 6.13. The number of halogens is 1. The van der Waals surface area contributed by atoms with E-state index in [-0.39, 0.29) is 29.8 Å². The summed E-state index contributed by atoms with van der Waals surface area (Å²) >= 11 is 0. The highest BCUT2D eigenvalue weighted by atomic mass is 35.5. The van der Waals surface area contributed by atoms with E-state index in [1.165, 1.54) is 0 Å². The number of nitrogens with two attached hydrogens (primary N) is 1. The van der Waals surface area contributed by atoms with E-state index in [0.717, 1.165) is 12.8 Å². The van der Waals surface area contributed by atoms with Gasteiger partial charge in [0.15, 0.2) is 0 Å². The Hall–Kier alpha value is -0.810. The highest BCUT2D eigenvalue weighted by Gasteiger charge is 2.30. The van der Waals surface area contributed by atoms with Crippen LogP contribution in [0.3, 0.4) is 0 Å².